The van der Waals surface area contributed by atoms with Crippen molar-refractivity contribution in [1.82, 2.24) is 9.97 Å². The Kier molecular flexibility index (Phi) is 3.35. The Balaban J connectivity index is 2.62. The first-order valence-electron chi connectivity index (χ1n) is 5.17. The molecule has 2 heterocycles. The second kappa shape index (κ2) is 5.01. The number of aromatic carboxylic acids is 4. The van der Waals surface area contributed by atoms with Crippen molar-refractivity contribution in [3.63, 3.8) is 0 Å². The van der Waals surface area contributed by atoms with E-state index in [-0.39, 0.29) is 0 Å². The number of carbonyl (C=O) groups is 4. The summed E-state index contributed by atoms with van der Waals surface area (Å²) in [7, 11) is 0. The van der Waals surface area contributed by atoms with Gasteiger partial charge < -0.3 is 29.3 Å². The molecule has 0 aromatic carbocycles. The van der Waals surface area contributed by atoms with Gasteiger partial charge in [-0.1, -0.05) is 0 Å². The lowest BCUT2D eigenvalue weighted by Gasteiger charge is -1.87. The Bertz CT molecular complexity index is 683. The van der Waals surface area contributed by atoms with Gasteiger partial charge in [-0.25, -0.2) is 19.2 Å². The van der Waals surface area contributed by atoms with E-state index >= 15 is 0 Å². The Morgan fingerprint density at radius 2 is 0.955 bits per heavy atom. The first-order chi connectivity index (χ1) is 10.2. The van der Waals surface area contributed by atoms with Crippen molar-refractivity contribution >= 4 is 23.9 Å². The average Bonchev–Trinajstić information content (AvgIpc) is 3.02. The highest BCUT2D eigenvalue weighted by molar-refractivity contribution is 5.99. The summed E-state index contributed by atoms with van der Waals surface area (Å²) in [5.74, 6) is -10.6. The van der Waals surface area contributed by atoms with E-state index in [1.54, 1.807) is 0 Å². The third-order valence-corrected chi connectivity index (χ3v) is 2.23. The summed E-state index contributed by atoms with van der Waals surface area (Å²) < 4.78 is 9.24. The highest BCUT2D eigenvalue weighted by atomic mass is 16.4. The molecule has 2 aromatic rings. The molecule has 0 fully saturated rings. The quantitative estimate of drug-likeness (QED) is 0.581. The maximum absolute atomic E-state index is 10.8. The number of hydrogen-bond acceptors (Lipinski definition) is 8. The molecule has 0 radical (unpaired) electrons. The molecule has 0 bridgehead atoms. The van der Waals surface area contributed by atoms with Crippen LogP contribution in [0.1, 0.15) is 42.1 Å². The molecule has 12 heteroatoms. The Morgan fingerprint density at radius 3 is 1.14 bits per heavy atom. The number of oxazole rings is 2. The lowest BCUT2D eigenvalue weighted by atomic mass is 10.3. The first-order valence-corrected chi connectivity index (χ1v) is 5.17. The van der Waals surface area contributed by atoms with Gasteiger partial charge in [0.2, 0.25) is 22.9 Å². The highest BCUT2D eigenvalue weighted by Crippen LogP contribution is 2.24. The summed E-state index contributed by atoms with van der Waals surface area (Å²) in [6.07, 6.45) is 0. The highest BCUT2D eigenvalue weighted by Gasteiger charge is 2.31. The zero-order chi connectivity index (χ0) is 16.6. The van der Waals surface area contributed by atoms with Crippen LogP contribution in [-0.4, -0.2) is 54.3 Å². The summed E-state index contributed by atoms with van der Waals surface area (Å²) in [5, 5.41) is 35.1. The van der Waals surface area contributed by atoms with Crippen molar-refractivity contribution in [3.05, 3.63) is 22.9 Å². The maximum atomic E-state index is 10.8. The molecule has 0 spiro atoms. The molecule has 2 rings (SSSR count). The average molecular weight is 312 g/mol. The topological polar surface area (TPSA) is 201 Å². The summed E-state index contributed by atoms with van der Waals surface area (Å²) in [6, 6.07) is 0. The zero-order valence-corrected chi connectivity index (χ0v) is 10.1. The zero-order valence-electron chi connectivity index (χ0n) is 10.1. The van der Waals surface area contributed by atoms with E-state index in [1.165, 1.54) is 0 Å². The van der Waals surface area contributed by atoms with Crippen molar-refractivity contribution in [2.75, 3.05) is 0 Å². The minimum absolute atomic E-state index is 0.787. The van der Waals surface area contributed by atoms with Crippen LogP contribution in [-0.2, 0) is 0 Å². The van der Waals surface area contributed by atoms with Gasteiger partial charge in [-0.15, -0.1) is 0 Å². The van der Waals surface area contributed by atoms with Crippen molar-refractivity contribution in [3.8, 4) is 11.8 Å². The van der Waals surface area contributed by atoms with Crippen LogP contribution in [0.5, 0.6) is 0 Å². The molecule has 2 aromatic heterocycles. The fourth-order valence-electron chi connectivity index (χ4n) is 1.40. The minimum atomic E-state index is -1.75. The molecule has 0 aliphatic carbocycles. The van der Waals surface area contributed by atoms with Crippen LogP contribution in [0.3, 0.4) is 0 Å². The van der Waals surface area contributed by atoms with Gasteiger partial charge in [0.05, 0.1) is 0 Å². The van der Waals surface area contributed by atoms with E-state index in [9.17, 15) is 19.2 Å². The van der Waals surface area contributed by atoms with Crippen LogP contribution in [0.2, 0.25) is 0 Å². The van der Waals surface area contributed by atoms with Crippen LogP contribution in [0, 0.1) is 0 Å². The minimum Gasteiger partial charge on any atom is -0.476 e. The molecule has 22 heavy (non-hydrogen) atoms. The fourth-order valence-corrected chi connectivity index (χ4v) is 1.40. The smallest absolute Gasteiger partial charge is 0.374 e. The summed E-state index contributed by atoms with van der Waals surface area (Å²) in [4.78, 5) is 49.9. The van der Waals surface area contributed by atoms with Crippen molar-refractivity contribution in [2.24, 2.45) is 0 Å². The van der Waals surface area contributed by atoms with Gasteiger partial charge in [-0.05, 0) is 0 Å². The van der Waals surface area contributed by atoms with E-state index in [2.05, 4.69) is 18.8 Å². The molecule has 0 unspecified atom stereocenters. The van der Waals surface area contributed by atoms with Crippen LogP contribution in [0.15, 0.2) is 8.83 Å². The third kappa shape index (κ3) is 2.35. The second-order valence-electron chi connectivity index (χ2n) is 3.61. The number of nitrogens with zero attached hydrogens (tertiary/aromatic N) is 2. The summed E-state index contributed by atoms with van der Waals surface area (Å²) in [6.45, 7) is 0. The lowest BCUT2D eigenvalue weighted by Crippen LogP contribution is -2.05. The molecule has 12 nitrogen and oxygen atoms in total. The van der Waals surface area contributed by atoms with Crippen LogP contribution in [0.4, 0.5) is 0 Å². The van der Waals surface area contributed by atoms with Gasteiger partial charge in [0.15, 0.2) is 0 Å². The van der Waals surface area contributed by atoms with Crippen molar-refractivity contribution < 1.29 is 48.4 Å². The molecule has 4 N–H and O–H groups in total. The standard InChI is InChI=1S/C10H4N2O10/c13-7(14)1-3(9(17)18)21-5(11-1)6-12-2(8(15)16)4(22-6)10(19)20/h(H,13,14)(H,15,16)(H,17,18)(H,19,20). The molecule has 0 saturated heterocycles. The Labute approximate surface area is 118 Å². The largest absolute Gasteiger partial charge is 0.476 e. The maximum Gasteiger partial charge on any atom is 0.374 e. The van der Waals surface area contributed by atoms with Crippen molar-refractivity contribution in [2.45, 2.75) is 0 Å². The Morgan fingerprint density at radius 1 is 0.636 bits per heavy atom. The normalized spacial score (nSPS) is 10.4. The lowest BCUT2D eigenvalue weighted by molar-refractivity contribution is 0.0622. The SMILES string of the molecule is O=C(O)c1nc(-c2nc(C(=O)O)c(C(=O)O)o2)oc1C(=O)O. The van der Waals surface area contributed by atoms with E-state index in [0.717, 1.165) is 0 Å². The van der Waals surface area contributed by atoms with Gasteiger partial charge in [0, 0.05) is 0 Å². The molecule has 114 valence electrons. The van der Waals surface area contributed by atoms with E-state index in [1.807, 2.05) is 0 Å². The van der Waals surface area contributed by atoms with Crippen LogP contribution < -0.4 is 0 Å². The van der Waals surface area contributed by atoms with Crippen molar-refractivity contribution in [1.29, 1.82) is 0 Å². The molecule has 0 atom stereocenters. The first kappa shape index (κ1) is 14.7. The third-order valence-electron chi connectivity index (χ3n) is 2.23. The van der Waals surface area contributed by atoms with Gasteiger partial charge in [0.1, 0.15) is 0 Å². The fraction of sp³-hybridized carbons (Fsp3) is 0. The van der Waals surface area contributed by atoms with Gasteiger partial charge in [-0.3, -0.25) is 0 Å². The molecule has 0 aliphatic heterocycles. The van der Waals surface area contributed by atoms with Gasteiger partial charge >= 0.3 is 23.9 Å². The number of rotatable bonds is 5. The summed E-state index contributed by atoms with van der Waals surface area (Å²) >= 11 is 0. The molecule has 0 aliphatic rings. The number of carboxylic acids is 4. The molecular formula is C10H4N2O10. The second-order valence-corrected chi connectivity index (χ2v) is 3.61. The molecule has 0 saturated carbocycles. The molecule has 0 amide bonds. The predicted octanol–water partition coefficient (Wildman–Crippen LogP) is 0.122. The van der Waals surface area contributed by atoms with Gasteiger partial charge in [0.25, 0.3) is 11.8 Å². The predicted molar refractivity (Wildman–Crippen MR) is 59.8 cm³/mol. The number of aromatic nitrogens is 2. The Hall–Kier alpha value is -3.70. The molecular weight excluding hydrogens is 308 g/mol. The van der Waals surface area contributed by atoms with E-state index in [4.69, 9.17) is 20.4 Å². The van der Waals surface area contributed by atoms with Crippen LogP contribution in [0.25, 0.3) is 11.8 Å². The summed E-state index contributed by atoms with van der Waals surface area (Å²) in [5.41, 5.74) is -1.95. The number of carboxylic acid groups (broad SMARTS) is 4. The van der Waals surface area contributed by atoms with Gasteiger partial charge in [-0.2, -0.15) is 9.97 Å². The monoisotopic (exact) mass is 312 g/mol. The van der Waals surface area contributed by atoms with E-state index < -0.39 is 58.6 Å². The van der Waals surface area contributed by atoms with Crippen LogP contribution >= 0.6 is 0 Å². The number of hydrogen-bond donors (Lipinski definition) is 4. The van der Waals surface area contributed by atoms with E-state index in [0.29, 0.717) is 0 Å².